The standard InChI is InChI=1S/C13H18F2N2O/c1-2-7-17-9-11(8-16-17)12(18)10-3-5-13(14,15)6-4-10/h8-10H,2-7H2,1H3. The van der Waals surface area contributed by atoms with Crippen LogP contribution in [-0.2, 0) is 6.54 Å². The Kier molecular flexibility index (Phi) is 3.78. The van der Waals surface area contributed by atoms with Gasteiger partial charge in [0.15, 0.2) is 5.78 Å². The van der Waals surface area contributed by atoms with Gasteiger partial charge in [0.1, 0.15) is 0 Å². The van der Waals surface area contributed by atoms with E-state index in [1.165, 1.54) is 0 Å². The molecular formula is C13H18F2N2O. The van der Waals surface area contributed by atoms with Crippen molar-refractivity contribution in [2.45, 2.75) is 51.5 Å². The fourth-order valence-corrected chi connectivity index (χ4v) is 2.38. The zero-order valence-corrected chi connectivity index (χ0v) is 10.5. The molecule has 1 aliphatic carbocycles. The third-order valence-corrected chi connectivity index (χ3v) is 3.46. The summed E-state index contributed by atoms with van der Waals surface area (Å²) in [6.45, 7) is 2.81. The molecular weight excluding hydrogens is 238 g/mol. The van der Waals surface area contributed by atoms with Crippen LogP contribution >= 0.6 is 0 Å². The number of hydrogen-bond donors (Lipinski definition) is 0. The molecule has 100 valence electrons. The highest BCUT2D eigenvalue weighted by molar-refractivity contribution is 5.97. The number of halogens is 2. The largest absolute Gasteiger partial charge is 0.294 e. The average Bonchev–Trinajstić information content (AvgIpc) is 2.77. The number of aromatic nitrogens is 2. The minimum absolute atomic E-state index is 0.0344. The lowest BCUT2D eigenvalue weighted by atomic mass is 9.83. The lowest BCUT2D eigenvalue weighted by molar-refractivity contribution is -0.0424. The highest BCUT2D eigenvalue weighted by Gasteiger charge is 2.37. The Balaban J connectivity index is 1.98. The molecule has 0 aromatic carbocycles. The molecule has 0 unspecified atom stereocenters. The highest BCUT2D eigenvalue weighted by atomic mass is 19.3. The van der Waals surface area contributed by atoms with Crippen LogP contribution in [0.5, 0.6) is 0 Å². The van der Waals surface area contributed by atoms with E-state index in [4.69, 9.17) is 0 Å². The van der Waals surface area contributed by atoms with Crippen LogP contribution in [-0.4, -0.2) is 21.5 Å². The molecule has 1 aromatic heterocycles. The second-order valence-electron chi connectivity index (χ2n) is 4.99. The monoisotopic (exact) mass is 256 g/mol. The van der Waals surface area contributed by atoms with Gasteiger partial charge in [0.05, 0.1) is 11.8 Å². The second kappa shape index (κ2) is 5.16. The topological polar surface area (TPSA) is 34.9 Å². The summed E-state index contributed by atoms with van der Waals surface area (Å²) in [4.78, 5) is 12.1. The summed E-state index contributed by atoms with van der Waals surface area (Å²) in [6, 6.07) is 0. The van der Waals surface area contributed by atoms with Crippen molar-refractivity contribution in [2.24, 2.45) is 5.92 Å². The number of Topliss-reactive ketones (excluding diaryl/α,β-unsaturated/α-hetero) is 1. The Morgan fingerprint density at radius 1 is 1.50 bits per heavy atom. The van der Waals surface area contributed by atoms with Gasteiger partial charge < -0.3 is 0 Å². The van der Waals surface area contributed by atoms with Crippen molar-refractivity contribution >= 4 is 5.78 Å². The van der Waals surface area contributed by atoms with Crippen LogP contribution in [0.1, 0.15) is 49.4 Å². The van der Waals surface area contributed by atoms with Crippen LogP contribution < -0.4 is 0 Å². The number of hydrogen-bond acceptors (Lipinski definition) is 2. The van der Waals surface area contributed by atoms with Crippen molar-refractivity contribution in [1.82, 2.24) is 9.78 Å². The van der Waals surface area contributed by atoms with Crippen molar-refractivity contribution in [2.75, 3.05) is 0 Å². The number of rotatable bonds is 4. The van der Waals surface area contributed by atoms with E-state index in [9.17, 15) is 13.6 Å². The van der Waals surface area contributed by atoms with E-state index in [0.29, 0.717) is 5.56 Å². The Labute approximate surface area is 105 Å². The van der Waals surface area contributed by atoms with E-state index in [1.54, 1.807) is 17.1 Å². The molecule has 0 N–H and O–H groups in total. The third kappa shape index (κ3) is 2.94. The van der Waals surface area contributed by atoms with E-state index in [2.05, 4.69) is 5.10 Å². The first-order chi connectivity index (χ1) is 8.52. The predicted octanol–water partition coefficient (Wildman–Crippen LogP) is 3.30. The van der Waals surface area contributed by atoms with Crippen molar-refractivity contribution in [3.05, 3.63) is 18.0 Å². The van der Waals surface area contributed by atoms with Crippen LogP contribution in [0.3, 0.4) is 0 Å². The predicted molar refractivity (Wildman–Crippen MR) is 63.8 cm³/mol. The molecule has 0 spiro atoms. The number of carbonyl (C=O) groups is 1. The van der Waals surface area contributed by atoms with Crippen LogP contribution in [0, 0.1) is 5.92 Å². The SMILES string of the molecule is CCCn1cc(C(=O)C2CCC(F)(F)CC2)cn1. The minimum atomic E-state index is -2.58. The van der Waals surface area contributed by atoms with E-state index in [-0.39, 0.29) is 37.4 Å². The zero-order valence-electron chi connectivity index (χ0n) is 10.5. The lowest BCUT2D eigenvalue weighted by Crippen LogP contribution is -2.28. The molecule has 3 nitrogen and oxygen atoms in total. The summed E-state index contributed by atoms with van der Waals surface area (Å²) < 4.78 is 27.8. The van der Waals surface area contributed by atoms with Gasteiger partial charge in [-0.25, -0.2) is 8.78 Å². The van der Waals surface area contributed by atoms with E-state index in [1.807, 2.05) is 6.92 Å². The smallest absolute Gasteiger partial charge is 0.248 e. The molecule has 0 saturated heterocycles. The number of nitrogens with zero attached hydrogens (tertiary/aromatic N) is 2. The van der Waals surface area contributed by atoms with Crippen molar-refractivity contribution in [3.63, 3.8) is 0 Å². The maximum atomic E-state index is 13.0. The van der Waals surface area contributed by atoms with E-state index in [0.717, 1.165) is 13.0 Å². The molecule has 0 amide bonds. The summed E-state index contributed by atoms with van der Waals surface area (Å²) in [5.74, 6) is -2.87. The molecule has 2 rings (SSSR count). The lowest BCUT2D eigenvalue weighted by Gasteiger charge is -2.26. The molecule has 1 fully saturated rings. The molecule has 0 bridgehead atoms. The molecule has 0 atom stereocenters. The first kappa shape index (κ1) is 13.2. The minimum Gasteiger partial charge on any atom is -0.294 e. The van der Waals surface area contributed by atoms with Crippen molar-refractivity contribution < 1.29 is 13.6 Å². The molecule has 1 aliphatic rings. The van der Waals surface area contributed by atoms with Gasteiger partial charge in [0.2, 0.25) is 5.92 Å². The van der Waals surface area contributed by atoms with Crippen LogP contribution in [0.25, 0.3) is 0 Å². The Bertz CT molecular complexity index is 418. The molecule has 5 heteroatoms. The van der Waals surface area contributed by atoms with Crippen LogP contribution in [0.15, 0.2) is 12.4 Å². The van der Waals surface area contributed by atoms with E-state index >= 15 is 0 Å². The van der Waals surface area contributed by atoms with Gasteiger partial charge in [-0.15, -0.1) is 0 Å². The maximum Gasteiger partial charge on any atom is 0.248 e. The van der Waals surface area contributed by atoms with Gasteiger partial charge in [-0.2, -0.15) is 5.10 Å². The number of carbonyl (C=O) groups excluding carboxylic acids is 1. The Hall–Kier alpha value is -1.26. The van der Waals surface area contributed by atoms with Crippen LogP contribution in [0.2, 0.25) is 0 Å². The number of aryl methyl sites for hydroxylation is 1. The summed E-state index contributed by atoms with van der Waals surface area (Å²) in [5, 5.41) is 4.10. The molecule has 18 heavy (non-hydrogen) atoms. The fraction of sp³-hybridized carbons (Fsp3) is 0.692. The number of ketones is 1. The number of alkyl halides is 2. The Morgan fingerprint density at radius 2 is 2.17 bits per heavy atom. The summed E-state index contributed by atoms with van der Waals surface area (Å²) in [6.07, 6.45) is 4.43. The van der Waals surface area contributed by atoms with Gasteiger partial charge in [-0.05, 0) is 19.3 Å². The third-order valence-electron chi connectivity index (χ3n) is 3.46. The van der Waals surface area contributed by atoms with Gasteiger partial charge in [-0.1, -0.05) is 6.92 Å². The molecule has 0 radical (unpaired) electrons. The van der Waals surface area contributed by atoms with Gasteiger partial charge in [0, 0.05) is 31.5 Å². The highest BCUT2D eigenvalue weighted by Crippen LogP contribution is 2.37. The molecule has 1 heterocycles. The van der Waals surface area contributed by atoms with Crippen LogP contribution in [0.4, 0.5) is 8.78 Å². The second-order valence-corrected chi connectivity index (χ2v) is 4.99. The van der Waals surface area contributed by atoms with Crippen molar-refractivity contribution in [3.8, 4) is 0 Å². The first-order valence-electron chi connectivity index (χ1n) is 6.46. The quantitative estimate of drug-likeness (QED) is 0.775. The van der Waals surface area contributed by atoms with Crippen molar-refractivity contribution in [1.29, 1.82) is 0 Å². The average molecular weight is 256 g/mol. The summed E-state index contributed by atoms with van der Waals surface area (Å²) >= 11 is 0. The molecule has 0 aliphatic heterocycles. The fourth-order valence-electron chi connectivity index (χ4n) is 2.38. The van der Waals surface area contributed by atoms with Gasteiger partial charge in [-0.3, -0.25) is 9.48 Å². The van der Waals surface area contributed by atoms with E-state index < -0.39 is 5.92 Å². The molecule has 1 aromatic rings. The van der Waals surface area contributed by atoms with Gasteiger partial charge in [0.25, 0.3) is 0 Å². The first-order valence-corrected chi connectivity index (χ1v) is 6.46. The maximum absolute atomic E-state index is 13.0. The molecule has 1 saturated carbocycles. The summed E-state index contributed by atoms with van der Waals surface area (Å²) in [7, 11) is 0. The van der Waals surface area contributed by atoms with Gasteiger partial charge >= 0.3 is 0 Å². The summed E-state index contributed by atoms with van der Waals surface area (Å²) in [5.41, 5.74) is 0.554. The normalized spacial score (nSPS) is 19.9. The zero-order chi connectivity index (χ0) is 13.2. The Morgan fingerprint density at radius 3 is 2.78 bits per heavy atom.